The lowest BCUT2D eigenvalue weighted by molar-refractivity contribution is -0.138. The summed E-state index contributed by atoms with van der Waals surface area (Å²) in [6.07, 6.45) is -7.34. The minimum absolute atomic E-state index is 0.101. The maximum atomic E-state index is 15.4. The number of ether oxygens (including phenoxy) is 3. The molecule has 21 heteroatoms. The van der Waals surface area contributed by atoms with Crippen LogP contribution in [0.5, 0.6) is 11.5 Å². The van der Waals surface area contributed by atoms with Crippen LogP contribution in [0.3, 0.4) is 0 Å². The highest BCUT2D eigenvalue weighted by Crippen LogP contribution is 2.55. The van der Waals surface area contributed by atoms with Crippen molar-refractivity contribution in [1.82, 2.24) is 4.48 Å². The second-order valence-electron chi connectivity index (χ2n) is 22.8. The third-order valence-corrected chi connectivity index (χ3v) is 16.0. The molecule has 12 nitrogen and oxygen atoms in total. The molecular weight excluding hydrogens is 1200 g/mol. The van der Waals surface area contributed by atoms with Crippen LogP contribution in [0.15, 0.2) is 143 Å². The van der Waals surface area contributed by atoms with Gasteiger partial charge in [-0.2, -0.15) is 26.3 Å². The van der Waals surface area contributed by atoms with E-state index in [0.29, 0.717) is 103 Å². The predicted octanol–water partition coefficient (Wildman–Crippen LogP) is 17.4. The van der Waals surface area contributed by atoms with Crippen molar-refractivity contribution in [2.75, 3.05) is 33.2 Å². The van der Waals surface area contributed by atoms with Gasteiger partial charge in [0.2, 0.25) is 0 Å². The Morgan fingerprint density at radius 1 is 0.663 bits per heavy atom. The molecule has 8 aromatic rings. The summed E-state index contributed by atoms with van der Waals surface area (Å²) in [6.45, 7) is 14.5. The van der Waals surface area contributed by atoms with Gasteiger partial charge in [0.25, 0.3) is 6.47 Å². The van der Waals surface area contributed by atoms with Gasteiger partial charge in [0.1, 0.15) is 11.5 Å². The van der Waals surface area contributed by atoms with E-state index in [1.165, 1.54) is 50.6 Å². The average Bonchev–Trinajstić information content (AvgIpc) is 0.774. The number of rotatable bonds is 14. The predicted molar refractivity (Wildman–Crippen MR) is 340 cm³/mol. The zero-order chi connectivity index (χ0) is 67.6. The molecule has 7 aromatic carbocycles. The van der Waals surface area contributed by atoms with Crippen molar-refractivity contribution in [3.63, 3.8) is 0 Å². The zero-order valence-corrected chi connectivity index (χ0v) is 52.3. The van der Waals surface area contributed by atoms with Gasteiger partial charge in [0, 0.05) is 75.3 Å². The summed E-state index contributed by atoms with van der Waals surface area (Å²) in [5.41, 5.74) is 9.75. The maximum absolute atomic E-state index is 15.4. The number of methoxy groups -OCH3 is 2. The number of alkyl halides is 6. The molecule has 0 aliphatic carbocycles. The van der Waals surface area contributed by atoms with Gasteiger partial charge in [-0.05, 0) is 156 Å². The lowest BCUT2D eigenvalue weighted by Gasteiger charge is -2.27. The van der Waals surface area contributed by atoms with Gasteiger partial charge in [-0.1, -0.05) is 94.4 Å². The number of esters is 2. The Morgan fingerprint density at radius 2 is 1.17 bits per heavy atom. The fraction of sp³-hybridized carbons (Fsp3) is 0.239. The third kappa shape index (κ3) is 13.2. The molecule has 3 heterocycles. The largest absolute Gasteiger partial charge is 0.677 e. The Hall–Kier alpha value is -9.92. The van der Waals surface area contributed by atoms with Gasteiger partial charge in [-0.15, -0.1) is 0 Å². The number of carbonyl (C=O) groups is 5. The lowest BCUT2D eigenvalue weighted by Crippen LogP contribution is -2.21. The van der Waals surface area contributed by atoms with Crippen LogP contribution in [0.1, 0.15) is 128 Å². The number of halogens is 8. The highest BCUT2D eigenvalue weighted by molar-refractivity contribution is 6.42. The molecule has 0 atom stereocenters. The first-order chi connectivity index (χ1) is 43.5. The number of hydrogen-bond donors (Lipinski definition) is 1. The molecule has 92 heavy (non-hydrogen) atoms. The minimum atomic E-state index is -4.55. The van der Waals surface area contributed by atoms with E-state index in [2.05, 4.69) is 36.4 Å². The molecule has 0 amide bonds. The van der Waals surface area contributed by atoms with E-state index in [0.717, 1.165) is 56.7 Å². The SMILES string of the molecule is COC(=O)C1=C(C)/C(=C(\c2c(C)cc(Cc3ccc(N(C)C)cc3)cc2C)c2c(C)c(C(=O)OC)c(C(C)C)n2B(F)F)N=C1C(C)C.O=CO.O=Cc1cc(-c2ccc(C(F)(F)F)cc2)c2c3c(c(-c4ccc(C(F)(F)F)cc4)cc(C=O)c13)-c1ccccc1O2. The van der Waals surface area contributed by atoms with Crippen LogP contribution in [0.2, 0.25) is 0 Å². The van der Waals surface area contributed by atoms with Crippen LogP contribution in [0, 0.1) is 26.7 Å². The molecule has 0 fully saturated rings. The van der Waals surface area contributed by atoms with Gasteiger partial charge in [0.05, 0.1) is 47.9 Å². The fourth-order valence-electron chi connectivity index (χ4n) is 12.0. The van der Waals surface area contributed by atoms with Crippen molar-refractivity contribution in [3.05, 3.63) is 211 Å². The van der Waals surface area contributed by atoms with E-state index < -0.39 is 48.7 Å². The normalized spacial score (nSPS) is 13.1. The van der Waals surface area contributed by atoms with Crippen LogP contribution in [-0.4, -0.2) is 82.0 Å². The number of allylic oxidation sites excluding steroid dienone is 1. The standard InChI is InChI=1S/C38H46BF2N3O4.C32H16F6O3.CH2O2/c1-20(2)33-30(37(45)47-11)24(7)34(42-33)32(36-25(8)31(38(46)48-12)35(21(3)4)44(36)39(40)41)29-22(5)17-27(18-23(29)6)19-26-13-15-28(16-14-26)43(9)10;33-31(34,35)21-9-5-17(6-10-21)24-13-19(15-39)27-20(16-40)14-25(18-7-11-22(12-8-18)32(36,37)38)30-29(27)28(24)23-3-1-2-4-26(23)41-30;2-1-3/h13-18,20-21H,19H2,1-12H3;1-16H;1H,(H,2,3)/b34-32-;;. The second kappa shape index (κ2) is 27.3. The molecule has 2 aliphatic rings. The van der Waals surface area contributed by atoms with Crippen molar-refractivity contribution < 1.29 is 78.3 Å². The Balaban J connectivity index is 0.000000229. The maximum Gasteiger partial charge on any atom is 0.677 e. The Morgan fingerprint density at radius 3 is 1.64 bits per heavy atom. The van der Waals surface area contributed by atoms with E-state index in [-0.39, 0.29) is 51.6 Å². The molecule has 0 unspecified atom stereocenters. The molecule has 10 rings (SSSR count). The van der Waals surface area contributed by atoms with Crippen molar-refractivity contribution in [2.45, 2.75) is 80.1 Å². The molecular formula is C71H64BF8N3O9. The number of anilines is 1. The number of aryl methyl sites for hydroxylation is 2. The van der Waals surface area contributed by atoms with Crippen LogP contribution in [0.4, 0.5) is 40.7 Å². The summed E-state index contributed by atoms with van der Waals surface area (Å²) in [7, 11) is 3.58. The number of para-hydroxylation sites is 1. The number of aliphatic imine (C=N–C) groups is 1. The van der Waals surface area contributed by atoms with E-state index in [1.807, 2.05) is 46.7 Å². The number of hydrogen-bond acceptors (Lipinski definition) is 10. The highest BCUT2D eigenvalue weighted by atomic mass is 19.4. The first kappa shape index (κ1) is 68.0. The summed E-state index contributed by atoms with van der Waals surface area (Å²) in [4.78, 5) is 66.4. The Labute approximate surface area is 526 Å². The van der Waals surface area contributed by atoms with E-state index >= 15 is 8.63 Å². The molecule has 0 saturated heterocycles. The van der Waals surface area contributed by atoms with Crippen molar-refractivity contribution >= 4 is 66.1 Å². The number of fused-ring (bicyclic) bond motifs is 2. The molecule has 476 valence electrons. The molecule has 1 aromatic heterocycles. The molecule has 0 spiro atoms. The minimum Gasteiger partial charge on any atom is -0.483 e. The van der Waals surface area contributed by atoms with Crippen molar-refractivity contribution in [1.29, 1.82) is 0 Å². The van der Waals surface area contributed by atoms with Gasteiger partial charge >= 0.3 is 31.7 Å². The first-order valence-electron chi connectivity index (χ1n) is 28.9. The van der Waals surface area contributed by atoms with E-state index in [1.54, 1.807) is 52.0 Å². The summed E-state index contributed by atoms with van der Waals surface area (Å²) in [5, 5.41) is 7.50. The van der Waals surface area contributed by atoms with Gasteiger partial charge in [-0.3, -0.25) is 28.0 Å². The summed E-state index contributed by atoms with van der Waals surface area (Å²) >= 11 is 0. The molecule has 2 aliphatic heterocycles. The van der Waals surface area contributed by atoms with Crippen molar-refractivity contribution in [2.24, 2.45) is 10.9 Å². The van der Waals surface area contributed by atoms with Gasteiger partial charge in [-0.25, -0.2) is 9.59 Å². The summed E-state index contributed by atoms with van der Waals surface area (Å²) in [6, 6.07) is 31.2. The Bertz CT molecular complexity index is 4280. The molecule has 1 N–H and O–H groups in total. The quantitative estimate of drug-likeness (QED) is 0.0482. The molecule has 0 saturated carbocycles. The molecule has 0 bridgehead atoms. The Kier molecular flexibility index (Phi) is 20.2. The second-order valence-corrected chi connectivity index (χ2v) is 22.8. The monoisotopic (exact) mass is 1270 g/mol. The van der Waals surface area contributed by atoms with Crippen LogP contribution in [0.25, 0.3) is 49.7 Å². The number of benzene rings is 7. The van der Waals surface area contributed by atoms with Gasteiger partial charge in [0.15, 0.2) is 12.6 Å². The zero-order valence-electron chi connectivity index (χ0n) is 52.3. The van der Waals surface area contributed by atoms with Crippen LogP contribution >= 0.6 is 0 Å². The van der Waals surface area contributed by atoms with Crippen LogP contribution in [-0.2, 0) is 37.8 Å². The molecule has 0 radical (unpaired) electrons. The summed E-state index contributed by atoms with van der Waals surface area (Å²) < 4.78 is 128. The van der Waals surface area contributed by atoms with Gasteiger partial charge < -0.3 is 28.7 Å². The van der Waals surface area contributed by atoms with E-state index in [9.17, 15) is 45.5 Å². The van der Waals surface area contributed by atoms with Crippen molar-refractivity contribution in [3.8, 4) is 44.9 Å². The number of aromatic nitrogens is 1. The van der Waals surface area contributed by atoms with Crippen LogP contribution < -0.4 is 9.64 Å². The fourth-order valence-corrected chi connectivity index (χ4v) is 12.0. The number of aldehydes is 2. The number of carbonyl (C=O) groups excluding carboxylic acids is 4. The lowest BCUT2D eigenvalue weighted by atomic mass is 9.82. The average molecular weight is 1270 g/mol. The highest BCUT2D eigenvalue weighted by Gasteiger charge is 2.40. The van der Waals surface area contributed by atoms with E-state index in [4.69, 9.17) is 29.1 Å². The number of nitrogens with zero attached hydrogens (tertiary/aromatic N) is 3. The summed E-state index contributed by atoms with van der Waals surface area (Å²) in [5.74, 6) is -1.23. The number of carboxylic acid groups (broad SMARTS) is 1. The first-order valence-corrected chi connectivity index (χ1v) is 28.9. The smallest absolute Gasteiger partial charge is 0.483 e. The topological polar surface area (TPSA) is 154 Å². The third-order valence-electron chi connectivity index (χ3n) is 16.0.